The minimum atomic E-state index is -1.87. The van der Waals surface area contributed by atoms with Crippen LogP contribution in [0.1, 0.15) is 51.9 Å². The average molecular weight is 973 g/mol. The van der Waals surface area contributed by atoms with Gasteiger partial charge in [0.25, 0.3) is 5.91 Å². The van der Waals surface area contributed by atoms with Crippen LogP contribution in [0.15, 0.2) is 23.3 Å². The lowest BCUT2D eigenvalue weighted by Crippen LogP contribution is -2.65. The third kappa shape index (κ3) is 17.7. The Balaban J connectivity index is 1.88. The van der Waals surface area contributed by atoms with E-state index in [1.807, 2.05) is 0 Å². The smallest absolute Gasteiger partial charge is 0.339 e. The van der Waals surface area contributed by atoms with Crippen LogP contribution >= 0.6 is 0 Å². The molecule has 1 N–H and O–H groups in total. The lowest BCUT2D eigenvalue weighted by Gasteiger charge is -2.45. The Morgan fingerprint density at radius 3 is 1.68 bits per heavy atom. The molecule has 3 rings (SSSR count). The van der Waals surface area contributed by atoms with E-state index in [1.54, 1.807) is 0 Å². The molecule has 10 atom stereocenters. The first-order chi connectivity index (χ1) is 32.3. The second-order valence-electron chi connectivity index (χ2n) is 14.6. The van der Waals surface area contributed by atoms with Gasteiger partial charge in [0.1, 0.15) is 6.10 Å². The molecule has 378 valence electrons. The van der Waals surface area contributed by atoms with Gasteiger partial charge in [0.2, 0.25) is 12.4 Å². The zero-order valence-electron chi connectivity index (χ0n) is 38.6. The molecule has 27 nitrogen and oxygen atoms in total. The van der Waals surface area contributed by atoms with E-state index in [4.69, 9.17) is 71.8 Å². The van der Waals surface area contributed by atoms with E-state index in [0.717, 1.165) is 54.7 Å². The quantitative estimate of drug-likeness (QED) is 0.0347. The lowest BCUT2D eigenvalue weighted by atomic mass is 9.97. The molecule has 0 aliphatic carbocycles. The van der Waals surface area contributed by atoms with Gasteiger partial charge >= 0.3 is 41.8 Å². The zero-order valence-corrected chi connectivity index (χ0v) is 38.6. The van der Waals surface area contributed by atoms with Crippen LogP contribution in [0.4, 0.5) is 0 Å². The van der Waals surface area contributed by atoms with E-state index in [0.29, 0.717) is 13.2 Å². The van der Waals surface area contributed by atoms with Crippen molar-refractivity contribution < 1.29 is 110 Å². The van der Waals surface area contributed by atoms with Crippen LogP contribution in [0.5, 0.6) is 11.5 Å². The number of phenolic OH excluding ortho intramolecular Hbond substituents is 1. The van der Waals surface area contributed by atoms with Crippen LogP contribution in [-0.4, -0.2) is 193 Å². The van der Waals surface area contributed by atoms with Crippen LogP contribution in [0.25, 0.3) is 10.4 Å². The van der Waals surface area contributed by atoms with Gasteiger partial charge in [-0.1, -0.05) is 5.11 Å². The van der Waals surface area contributed by atoms with Crippen molar-refractivity contribution in [1.82, 2.24) is 4.90 Å². The van der Waals surface area contributed by atoms with Crippen molar-refractivity contribution in [3.05, 3.63) is 34.2 Å². The maximum Gasteiger partial charge on any atom is 0.339 e. The van der Waals surface area contributed by atoms with E-state index < -0.39 is 121 Å². The topological polar surface area (TPSA) is 338 Å². The van der Waals surface area contributed by atoms with Gasteiger partial charge in [0.15, 0.2) is 54.4 Å². The third-order valence-corrected chi connectivity index (χ3v) is 9.27. The number of benzene rings is 1. The van der Waals surface area contributed by atoms with Gasteiger partial charge in [0.05, 0.1) is 53.4 Å². The molecule has 0 unspecified atom stereocenters. The fraction of sp³-hybridized carbons (Fsp3) is 0.659. The van der Waals surface area contributed by atoms with Crippen molar-refractivity contribution in [3.8, 4) is 11.5 Å². The number of likely N-dealkylation sites (N-methyl/N-ethyl adjacent to an activating group) is 1. The number of esters is 7. The van der Waals surface area contributed by atoms with Gasteiger partial charge in [-0.3, -0.25) is 33.6 Å². The summed E-state index contributed by atoms with van der Waals surface area (Å²) in [4.78, 5) is 105. The van der Waals surface area contributed by atoms with Crippen LogP contribution in [0.3, 0.4) is 0 Å². The van der Waals surface area contributed by atoms with Gasteiger partial charge in [-0.05, 0) is 23.7 Å². The fourth-order valence-electron chi connectivity index (χ4n) is 6.58. The molecule has 1 amide bonds. The zero-order chi connectivity index (χ0) is 50.5. The van der Waals surface area contributed by atoms with Crippen LogP contribution in [0.2, 0.25) is 0 Å². The highest BCUT2D eigenvalue weighted by atomic mass is 16.8. The second-order valence-corrected chi connectivity index (χ2v) is 14.6. The van der Waals surface area contributed by atoms with Crippen molar-refractivity contribution in [2.45, 2.75) is 103 Å². The van der Waals surface area contributed by atoms with Crippen molar-refractivity contribution in [3.63, 3.8) is 0 Å². The summed E-state index contributed by atoms with van der Waals surface area (Å²) >= 11 is 0. The molecule has 2 saturated heterocycles. The Kier molecular flexibility index (Phi) is 23.1. The summed E-state index contributed by atoms with van der Waals surface area (Å²) in [6.45, 7) is 7.07. The number of phenols is 1. The van der Waals surface area contributed by atoms with Crippen molar-refractivity contribution in [1.29, 1.82) is 0 Å². The molecule has 0 spiro atoms. The Bertz CT molecular complexity index is 1960. The van der Waals surface area contributed by atoms with Crippen molar-refractivity contribution in [2.75, 3.05) is 73.5 Å². The van der Waals surface area contributed by atoms with Crippen molar-refractivity contribution in [2.24, 2.45) is 5.11 Å². The number of hydrogen-bond acceptors (Lipinski definition) is 24. The first kappa shape index (κ1) is 56.0. The Morgan fingerprint density at radius 1 is 0.662 bits per heavy atom. The third-order valence-electron chi connectivity index (χ3n) is 9.27. The number of nitrogens with zero attached hydrogens (tertiary/aromatic N) is 4. The minimum Gasteiger partial charge on any atom is -0.504 e. The fourth-order valence-corrected chi connectivity index (χ4v) is 6.58. The highest BCUT2D eigenvalue weighted by Crippen LogP contribution is 2.36. The standard InChI is InChI=1S/C41H56N4O23/c1-21(46)60-31-30(20-59-40-36(64-25(5)50)34(63-24(4)49)33(62-23(3)48)35(68-40)39(54)55-8)67-41(37(65-26(6)51)32(31)61-22(2)47)66-29-10-9-27(19-28(29)52)38(53)45(7)12-14-57-16-18-58-17-15-56-13-11-43-44-42/h9-10,19,30-37,40-41,52H,11-18,20H2,1-8H3/t30-,31+,32+,33+,34+,35+,36-,37-,40-,41-/m1/s1. The first-order valence-electron chi connectivity index (χ1n) is 20.8. The van der Waals surface area contributed by atoms with Gasteiger partial charge in [0, 0.05) is 72.2 Å². The molecular weight excluding hydrogens is 916 g/mol. The summed E-state index contributed by atoms with van der Waals surface area (Å²) < 4.78 is 77.5. The predicted molar refractivity (Wildman–Crippen MR) is 221 cm³/mol. The summed E-state index contributed by atoms with van der Waals surface area (Å²) in [6, 6.07) is 3.59. The maximum absolute atomic E-state index is 13.3. The number of carbonyl (C=O) groups excluding carboxylic acids is 8. The van der Waals surface area contributed by atoms with Crippen molar-refractivity contribution >= 4 is 47.7 Å². The lowest BCUT2D eigenvalue weighted by molar-refractivity contribution is -0.323. The summed E-state index contributed by atoms with van der Waals surface area (Å²) in [6.07, 6.45) is -17.5. The Labute approximate surface area is 389 Å². The molecule has 1 aromatic carbocycles. The molecule has 27 heteroatoms. The maximum atomic E-state index is 13.3. The molecule has 2 fully saturated rings. The van der Waals surface area contributed by atoms with E-state index in [1.165, 1.54) is 24.1 Å². The van der Waals surface area contributed by atoms with E-state index >= 15 is 0 Å². The van der Waals surface area contributed by atoms with E-state index in [-0.39, 0.29) is 50.8 Å². The summed E-state index contributed by atoms with van der Waals surface area (Å²) in [7, 11) is 2.49. The number of rotatable bonds is 25. The second kappa shape index (κ2) is 28.1. The molecule has 0 aromatic heterocycles. The number of amides is 1. The molecule has 2 aliphatic rings. The molecule has 0 bridgehead atoms. The van der Waals surface area contributed by atoms with Gasteiger partial charge in [-0.2, -0.15) is 0 Å². The van der Waals surface area contributed by atoms with Gasteiger partial charge < -0.3 is 76.3 Å². The largest absolute Gasteiger partial charge is 0.504 e. The highest BCUT2D eigenvalue weighted by molar-refractivity contribution is 5.94. The van der Waals surface area contributed by atoms with E-state index in [9.17, 15) is 43.5 Å². The summed E-state index contributed by atoms with van der Waals surface area (Å²) in [5.41, 5.74) is 8.27. The first-order valence-corrected chi connectivity index (χ1v) is 20.8. The minimum absolute atomic E-state index is 0.0179. The SMILES string of the molecule is COC(=O)[C@H]1O[C@@H](OC[C@H]2O[C@@H](Oc3ccc(C(=O)N(C)CCOCCOCCOCCN=[N+]=[N-])cc3O)[C@H](OC(C)=O)[C@@H](OC(C)=O)[C@H]2OC(C)=O)[C@H](OC(C)=O)[C@@H](OC(C)=O)[C@@H]1OC(C)=O. The monoisotopic (exact) mass is 972 g/mol. The van der Waals surface area contributed by atoms with Crippen LogP contribution in [0, 0.1) is 0 Å². The molecule has 1 aromatic rings. The number of carbonyl (C=O) groups is 8. The molecule has 68 heavy (non-hydrogen) atoms. The Morgan fingerprint density at radius 2 is 1.15 bits per heavy atom. The molecule has 2 heterocycles. The van der Waals surface area contributed by atoms with Gasteiger partial charge in [-0.25, -0.2) is 4.79 Å². The van der Waals surface area contributed by atoms with E-state index in [2.05, 4.69) is 10.0 Å². The number of azide groups is 1. The molecule has 0 saturated carbocycles. The Hall–Kier alpha value is -6.35. The average Bonchev–Trinajstić information content (AvgIpc) is 3.26. The predicted octanol–water partition coefficient (Wildman–Crippen LogP) is 0.433. The highest BCUT2D eigenvalue weighted by Gasteiger charge is 2.57. The summed E-state index contributed by atoms with van der Waals surface area (Å²) in [5.74, 6) is -8.30. The summed E-state index contributed by atoms with van der Waals surface area (Å²) in [5, 5.41) is 14.5. The normalized spacial score (nSPS) is 24.2. The van der Waals surface area contributed by atoms with Gasteiger partial charge in [-0.15, -0.1) is 0 Å². The number of ether oxygens (including phenoxy) is 14. The number of aromatic hydroxyl groups is 1. The molecule has 0 radical (unpaired) electrons. The number of hydrogen-bond donors (Lipinski definition) is 1. The number of methoxy groups -OCH3 is 1. The van der Waals surface area contributed by atoms with Crippen LogP contribution in [-0.2, 0) is 95.1 Å². The van der Waals surface area contributed by atoms with Crippen LogP contribution < -0.4 is 4.74 Å². The molecule has 2 aliphatic heterocycles. The molecular formula is C41H56N4O23.